The molecule has 0 radical (unpaired) electrons. The van der Waals surface area contributed by atoms with Gasteiger partial charge in [0.1, 0.15) is 0 Å². The zero-order chi connectivity index (χ0) is 14.1. The highest BCUT2D eigenvalue weighted by Gasteiger charge is 2.15. The summed E-state index contributed by atoms with van der Waals surface area (Å²) >= 11 is 0. The Bertz CT molecular complexity index is 795. The third-order valence-corrected chi connectivity index (χ3v) is 4.64. The van der Waals surface area contributed by atoms with Crippen LogP contribution in [-0.4, -0.2) is 13.8 Å². The summed E-state index contributed by atoms with van der Waals surface area (Å²) in [6.07, 6.45) is 0. The number of hydrogen-bond acceptors (Lipinski definition) is 3. The molecular weight excluding hydrogens is 270 g/mol. The number of nitrogens with zero attached hydrogens (tertiary/aromatic N) is 2. The number of imidazole rings is 1. The summed E-state index contributed by atoms with van der Waals surface area (Å²) in [6.45, 7) is 0. The molecule has 0 amide bonds. The van der Waals surface area contributed by atoms with Crippen LogP contribution in [0.5, 0.6) is 0 Å². The molecular formula is C15H15N3OS. The molecule has 0 fully saturated rings. The van der Waals surface area contributed by atoms with Gasteiger partial charge >= 0.3 is 0 Å². The number of aryl methyl sites for hydroxylation is 1. The first-order valence-electron chi connectivity index (χ1n) is 6.30. The quantitative estimate of drug-likeness (QED) is 0.752. The molecule has 0 saturated carbocycles. The van der Waals surface area contributed by atoms with Crippen LogP contribution in [0, 0.1) is 0 Å². The van der Waals surface area contributed by atoms with Crippen molar-refractivity contribution in [1.82, 2.24) is 9.55 Å². The third kappa shape index (κ3) is 2.20. The first-order valence-corrected chi connectivity index (χ1v) is 7.62. The van der Waals surface area contributed by atoms with Gasteiger partial charge in [0, 0.05) is 12.7 Å². The van der Waals surface area contributed by atoms with Gasteiger partial charge in [-0.05, 0) is 23.8 Å². The standard InChI is InChI=1S/C15H15N3OS/c1-18-14-9-5-4-8-13(14)17-15(18)20(19)10-11-6-2-3-7-12(11)16/h2-9H,10,16H2,1H3/t20-/m0/s1. The molecule has 1 atom stereocenters. The lowest BCUT2D eigenvalue weighted by molar-refractivity contribution is 0.667. The van der Waals surface area contributed by atoms with Crippen LogP contribution in [0.1, 0.15) is 5.56 Å². The minimum atomic E-state index is -1.22. The lowest BCUT2D eigenvalue weighted by atomic mass is 10.2. The molecule has 0 aliphatic heterocycles. The molecule has 3 rings (SSSR count). The van der Waals surface area contributed by atoms with Crippen LogP contribution in [0.15, 0.2) is 53.7 Å². The average molecular weight is 285 g/mol. The fourth-order valence-electron chi connectivity index (χ4n) is 2.20. The molecule has 0 bridgehead atoms. The Morgan fingerprint density at radius 2 is 1.85 bits per heavy atom. The number of nitrogen functional groups attached to an aromatic ring is 1. The zero-order valence-electron chi connectivity index (χ0n) is 11.1. The van der Waals surface area contributed by atoms with Crippen molar-refractivity contribution < 1.29 is 4.21 Å². The molecule has 0 aliphatic rings. The highest BCUT2D eigenvalue weighted by atomic mass is 32.2. The monoisotopic (exact) mass is 285 g/mol. The molecule has 0 unspecified atom stereocenters. The van der Waals surface area contributed by atoms with Gasteiger partial charge in [-0.3, -0.25) is 4.21 Å². The highest BCUT2D eigenvalue weighted by Crippen LogP contribution is 2.20. The number of benzene rings is 2. The molecule has 0 saturated heterocycles. The molecule has 4 nitrogen and oxygen atoms in total. The molecule has 1 aromatic heterocycles. The number of aromatic nitrogens is 2. The number of nitrogens with two attached hydrogens (primary N) is 1. The minimum absolute atomic E-state index is 0.379. The van der Waals surface area contributed by atoms with E-state index in [1.807, 2.05) is 60.1 Å². The van der Waals surface area contributed by atoms with Crippen LogP contribution in [0.25, 0.3) is 11.0 Å². The molecule has 0 spiro atoms. The first-order chi connectivity index (χ1) is 9.66. The molecule has 1 heterocycles. The van der Waals surface area contributed by atoms with Gasteiger partial charge in [-0.15, -0.1) is 0 Å². The van der Waals surface area contributed by atoms with E-state index in [-0.39, 0.29) is 0 Å². The van der Waals surface area contributed by atoms with Crippen molar-refractivity contribution in [1.29, 1.82) is 0 Å². The van der Waals surface area contributed by atoms with Gasteiger partial charge in [-0.25, -0.2) is 4.98 Å². The predicted molar refractivity (Wildman–Crippen MR) is 81.7 cm³/mol. The third-order valence-electron chi connectivity index (χ3n) is 3.29. The van der Waals surface area contributed by atoms with Gasteiger partial charge in [0.15, 0.2) is 5.16 Å². The second-order valence-corrected chi connectivity index (χ2v) is 5.98. The number of hydrogen-bond donors (Lipinski definition) is 1. The van der Waals surface area contributed by atoms with Crippen molar-refractivity contribution in [3.05, 3.63) is 54.1 Å². The van der Waals surface area contributed by atoms with Gasteiger partial charge in [0.25, 0.3) is 0 Å². The molecule has 0 aliphatic carbocycles. The van der Waals surface area contributed by atoms with Crippen LogP contribution >= 0.6 is 0 Å². The molecule has 20 heavy (non-hydrogen) atoms. The Kier molecular flexibility index (Phi) is 3.28. The molecule has 2 aromatic carbocycles. The summed E-state index contributed by atoms with van der Waals surface area (Å²) < 4.78 is 14.4. The van der Waals surface area contributed by atoms with Gasteiger partial charge in [0.05, 0.1) is 27.6 Å². The van der Waals surface area contributed by atoms with Crippen molar-refractivity contribution >= 4 is 27.5 Å². The second-order valence-electron chi connectivity index (χ2n) is 4.63. The van der Waals surface area contributed by atoms with E-state index >= 15 is 0 Å². The van der Waals surface area contributed by atoms with E-state index in [0.717, 1.165) is 16.6 Å². The Labute approximate surface area is 119 Å². The van der Waals surface area contributed by atoms with Crippen LogP contribution in [0.3, 0.4) is 0 Å². The Morgan fingerprint density at radius 1 is 1.15 bits per heavy atom. The van der Waals surface area contributed by atoms with Crippen LogP contribution in [0.2, 0.25) is 0 Å². The number of fused-ring (bicyclic) bond motifs is 1. The predicted octanol–water partition coefficient (Wildman–Crippen LogP) is 2.46. The summed E-state index contributed by atoms with van der Waals surface area (Å²) in [7, 11) is 0.669. The topological polar surface area (TPSA) is 60.9 Å². The fraction of sp³-hybridized carbons (Fsp3) is 0.133. The van der Waals surface area contributed by atoms with Crippen LogP contribution in [-0.2, 0) is 23.6 Å². The van der Waals surface area contributed by atoms with E-state index in [1.165, 1.54) is 0 Å². The number of anilines is 1. The summed E-state index contributed by atoms with van der Waals surface area (Å²) in [4.78, 5) is 4.46. The summed E-state index contributed by atoms with van der Waals surface area (Å²) in [6, 6.07) is 15.3. The van der Waals surface area contributed by atoms with Gasteiger partial charge in [-0.2, -0.15) is 0 Å². The van der Waals surface area contributed by atoms with Crippen LogP contribution < -0.4 is 5.73 Å². The SMILES string of the molecule is Cn1c([S@@](=O)Cc2ccccc2N)nc2ccccc21. The molecule has 102 valence electrons. The lowest BCUT2D eigenvalue weighted by Gasteiger charge is -2.05. The Balaban J connectivity index is 1.97. The van der Waals surface area contributed by atoms with E-state index in [0.29, 0.717) is 16.6 Å². The van der Waals surface area contributed by atoms with Crippen LogP contribution in [0.4, 0.5) is 5.69 Å². The van der Waals surface area contributed by atoms with Crippen molar-refractivity contribution in [2.24, 2.45) is 7.05 Å². The van der Waals surface area contributed by atoms with Crippen molar-refractivity contribution in [2.45, 2.75) is 10.9 Å². The summed E-state index contributed by atoms with van der Waals surface area (Å²) in [5, 5.41) is 0.578. The second kappa shape index (κ2) is 5.09. The maximum Gasteiger partial charge on any atom is 0.200 e. The maximum absolute atomic E-state index is 12.5. The summed E-state index contributed by atoms with van der Waals surface area (Å²) in [5.74, 6) is 0.379. The van der Waals surface area contributed by atoms with E-state index in [2.05, 4.69) is 4.98 Å². The maximum atomic E-state index is 12.5. The van der Waals surface area contributed by atoms with Crippen molar-refractivity contribution in [3.8, 4) is 0 Å². The largest absolute Gasteiger partial charge is 0.398 e. The van der Waals surface area contributed by atoms with E-state index in [1.54, 1.807) is 0 Å². The molecule has 2 N–H and O–H groups in total. The first kappa shape index (κ1) is 12.9. The highest BCUT2D eigenvalue weighted by molar-refractivity contribution is 7.84. The Hall–Kier alpha value is -2.14. The number of rotatable bonds is 3. The minimum Gasteiger partial charge on any atom is -0.398 e. The smallest absolute Gasteiger partial charge is 0.200 e. The van der Waals surface area contributed by atoms with E-state index in [9.17, 15) is 4.21 Å². The average Bonchev–Trinajstić information content (AvgIpc) is 2.79. The van der Waals surface area contributed by atoms with E-state index in [4.69, 9.17) is 5.73 Å². The van der Waals surface area contributed by atoms with Gasteiger partial charge < -0.3 is 10.3 Å². The summed E-state index contributed by atoms with van der Waals surface area (Å²) in [5.41, 5.74) is 9.30. The normalized spacial score (nSPS) is 12.7. The fourth-order valence-corrected chi connectivity index (χ4v) is 3.48. The van der Waals surface area contributed by atoms with Gasteiger partial charge in [0.2, 0.25) is 0 Å². The van der Waals surface area contributed by atoms with E-state index < -0.39 is 10.8 Å². The van der Waals surface area contributed by atoms with Crippen molar-refractivity contribution in [2.75, 3.05) is 5.73 Å². The molecule has 5 heteroatoms. The molecule has 3 aromatic rings. The number of para-hydroxylation sites is 3. The van der Waals surface area contributed by atoms with Crippen molar-refractivity contribution in [3.63, 3.8) is 0 Å². The zero-order valence-corrected chi connectivity index (χ0v) is 11.9. The van der Waals surface area contributed by atoms with Gasteiger partial charge in [-0.1, -0.05) is 30.3 Å². The lowest BCUT2D eigenvalue weighted by Crippen LogP contribution is -2.05. The Morgan fingerprint density at radius 3 is 2.60 bits per heavy atom.